The van der Waals surface area contributed by atoms with Gasteiger partial charge in [-0.1, -0.05) is 11.6 Å². The number of halogens is 1. The summed E-state index contributed by atoms with van der Waals surface area (Å²) in [4.78, 5) is 17.6. The standard InChI is InChI=1S/C14H20ClN3O/c1-11(18-9-4-2-3-5-10-18)14(19)17-12-7-6-8-16-13(12)15/h6-8,11H,2-5,9-10H2,1H3,(H,17,19)/p+1/t11-/m0/s1. The lowest BCUT2D eigenvalue weighted by Gasteiger charge is -2.23. The number of amides is 1. The Morgan fingerprint density at radius 1 is 1.37 bits per heavy atom. The Morgan fingerprint density at radius 2 is 2.05 bits per heavy atom. The van der Waals surface area contributed by atoms with Gasteiger partial charge in [0.15, 0.2) is 11.2 Å². The fraction of sp³-hybridized carbons (Fsp3) is 0.571. The minimum absolute atomic E-state index is 0.0202. The highest BCUT2D eigenvalue weighted by atomic mass is 35.5. The van der Waals surface area contributed by atoms with Crippen molar-refractivity contribution in [1.29, 1.82) is 0 Å². The van der Waals surface area contributed by atoms with Crippen molar-refractivity contribution in [2.45, 2.75) is 38.6 Å². The van der Waals surface area contributed by atoms with Crippen molar-refractivity contribution in [3.8, 4) is 0 Å². The van der Waals surface area contributed by atoms with E-state index in [1.807, 2.05) is 6.92 Å². The van der Waals surface area contributed by atoms with Gasteiger partial charge in [-0.3, -0.25) is 4.79 Å². The molecule has 0 aromatic carbocycles. The zero-order chi connectivity index (χ0) is 13.7. The first-order valence-electron chi connectivity index (χ1n) is 6.94. The minimum atomic E-state index is -0.0469. The molecule has 19 heavy (non-hydrogen) atoms. The van der Waals surface area contributed by atoms with Gasteiger partial charge in [-0.05, 0) is 44.7 Å². The van der Waals surface area contributed by atoms with E-state index < -0.39 is 0 Å². The summed E-state index contributed by atoms with van der Waals surface area (Å²) in [6, 6.07) is 3.50. The highest BCUT2D eigenvalue weighted by molar-refractivity contribution is 6.32. The second-order valence-electron chi connectivity index (χ2n) is 5.13. The molecule has 1 aliphatic rings. The summed E-state index contributed by atoms with van der Waals surface area (Å²) in [5, 5.41) is 3.22. The van der Waals surface area contributed by atoms with Crippen molar-refractivity contribution < 1.29 is 9.69 Å². The summed E-state index contributed by atoms with van der Waals surface area (Å²) >= 11 is 5.95. The number of likely N-dealkylation sites (tertiary alicyclic amines) is 1. The topological polar surface area (TPSA) is 46.4 Å². The zero-order valence-electron chi connectivity index (χ0n) is 11.3. The maximum Gasteiger partial charge on any atom is 0.282 e. The lowest BCUT2D eigenvalue weighted by Crippen LogP contribution is -3.16. The van der Waals surface area contributed by atoms with E-state index in [0.717, 1.165) is 13.1 Å². The molecule has 1 atom stereocenters. The molecule has 1 aromatic rings. The average molecular weight is 283 g/mol. The van der Waals surface area contributed by atoms with Crippen LogP contribution in [0.2, 0.25) is 5.15 Å². The third-order valence-corrected chi connectivity index (χ3v) is 4.07. The average Bonchev–Trinajstić information content (AvgIpc) is 2.69. The van der Waals surface area contributed by atoms with Crippen molar-refractivity contribution in [2.75, 3.05) is 18.4 Å². The SMILES string of the molecule is C[C@@H](C(=O)Nc1cccnc1Cl)[NH+]1CCCCCC1. The van der Waals surface area contributed by atoms with E-state index in [2.05, 4.69) is 10.3 Å². The number of carbonyl (C=O) groups is 1. The number of nitrogens with one attached hydrogen (secondary N) is 2. The molecule has 1 fully saturated rings. The van der Waals surface area contributed by atoms with Gasteiger partial charge in [0.25, 0.3) is 5.91 Å². The molecule has 4 nitrogen and oxygen atoms in total. The van der Waals surface area contributed by atoms with Crippen LogP contribution in [0, 0.1) is 0 Å². The van der Waals surface area contributed by atoms with Crippen LogP contribution in [0.5, 0.6) is 0 Å². The predicted octanol–water partition coefficient (Wildman–Crippen LogP) is 1.52. The van der Waals surface area contributed by atoms with E-state index in [0.29, 0.717) is 10.8 Å². The Hall–Kier alpha value is -1.13. The molecule has 1 aliphatic heterocycles. The Labute approximate surface area is 119 Å². The molecule has 1 amide bonds. The van der Waals surface area contributed by atoms with Crippen LogP contribution in [-0.2, 0) is 4.79 Å². The lowest BCUT2D eigenvalue weighted by molar-refractivity contribution is -0.913. The summed E-state index contributed by atoms with van der Waals surface area (Å²) in [5.41, 5.74) is 0.593. The molecule has 0 bridgehead atoms. The second-order valence-corrected chi connectivity index (χ2v) is 5.48. The first-order chi connectivity index (χ1) is 9.18. The van der Waals surface area contributed by atoms with Crippen molar-refractivity contribution in [3.63, 3.8) is 0 Å². The predicted molar refractivity (Wildman–Crippen MR) is 76.5 cm³/mol. The number of anilines is 1. The minimum Gasteiger partial charge on any atom is -0.325 e. The first kappa shape index (κ1) is 14.3. The molecule has 0 unspecified atom stereocenters. The summed E-state index contributed by atoms with van der Waals surface area (Å²) in [6.45, 7) is 4.14. The van der Waals surface area contributed by atoms with Crippen LogP contribution in [0.1, 0.15) is 32.6 Å². The van der Waals surface area contributed by atoms with Crippen molar-refractivity contribution in [3.05, 3.63) is 23.5 Å². The van der Waals surface area contributed by atoms with Crippen molar-refractivity contribution >= 4 is 23.2 Å². The van der Waals surface area contributed by atoms with E-state index in [-0.39, 0.29) is 11.9 Å². The Kier molecular flexibility index (Phi) is 5.16. The summed E-state index contributed by atoms with van der Waals surface area (Å²) < 4.78 is 0. The van der Waals surface area contributed by atoms with Crippen LogP contribution in [0.15, 0.2) is 18.3 Å². The Morgan fingerprint density at radius 3 is 2.68 bits per heavy atom. The molecule has 2 rings (SSSR count). The highest BCUT2D eigenvalue weighted by Gasteiger charge is 2.26. The molecular formula is C14H21ClN3O+. The number of hydrogen-bond acceptors (Lipinski definition) is 2. The van der Waals surface area contributed by atoms with Crippen LogP contribution < -0.4 is 10.2 Å². The lowest BCUT2D eigenvalue weighted by atomic mass is 10.2. The van der Waals surface area contributed by atoms with Gasteiger partial charge in [0.1, 0.15) is 0 Å². The van der Waals surface area contributed by atoms with Gasteiger partial charge in [-0.2, -0.15) is 0 Å². The van der Waals surface area contributed by atoms with Crippen LogP contribution in [0.3, 0.4) is 0 Å². The van der Waals surface area contributed by atoms with Gasteiger partial charge in [0.2, 0.25) is 0 Å². The number of hydrogen-bond donors (Lipinski definition) is 2. The third-order valence-electron chi connectivity index (χ3n) is 3.77. The fourth-order valence-corrected chi connectivity index (χ4v) is 2.69. The van der Waals surface area contributed by atoms with Gasteiger partial charge >= 0.3 is 0 Å². The maximum absolute atomic E-state index is 12.3. The van der Waals surface area contributed by atoms with Gasteiger partial charge in [0, 0.05) is 6.20 Å². The molecule has 1 aromatic heterocycles. The molecule has 0 radical (unpaired) electrons. The summed E-state index contributed by atoms with van der Waals surface area (Å²) in [5.74, 6) is 0.0202. The fourth-order valence-electron chi connectivity index (χ4n) is 2.52. The molecule has 1 saturated heterocycles. The van der Waals surface area contributed by atoms with Gasteiger partial charge in [-0.25, -0.2) is 4.98 Å². The quantitative estimate of drug-likeness (QED) is 0.826. The highest BCUT2D eigenvalue weighted by Crippen LogP contribution is 2.17. The van der Waals surface area contributed by atoms with Crippen LogP contribution >= 0.6 is 11.6 Å². The molecule has 0 spiro atoms. The zero-order valence-corrected chi connectivity index (χ0v) is 12.0. The van der Waals surface area contributed by atoms with Gasteiger partial charge in [0.05, 0.1) is 18.8 Å². The van der Waals surface area contributed by atoms with Crippen LogP contribution in [0.25, 0.3) is 0 Å². The number of rotatable bonds is 3. The van der Waals surface area contributed by atoms with Crippen molar-refractivity contribution in [2.24, 2.45) is 0 Å². The molecule has 2 heterocycles. The largest absolute Gasteiger partial charge is 0.325 e. The number of nitrogens with zero attached hydrogens (tertiary/aromatic N) is 1. The smallest absolute Gasteiger partial charge is 0.282 e. The number of quaternary nitrogens is 1. The number of carbonyl (C=O) groups excluding carboxylic acids is 1. The second kappa shape index (κ2) is 6.87. The molecule has 104 valence electrons. The number of aromatic nitrogens is 1. The van der Waals surface area contributed by atoms with Crippen LogP contribution in [0.4, 0.5) is 5.69 Å². The molecule has 0 saturated carbocycles. The molecule has 2 N–H and O–H groups in total. The van der Waals surface area contributed by atoms with E-state index in [1.54, 1.807) is 18.3 Å². The maximum atomic E-state index is 12.3. The summed E-state index contributed by atoms with van der Waals surface area (Å²) in [6.07, 6.45) is 6.60. The van der Waals surface area contributed by atoms with E-state index >= 15 is 0 Å². The normalized spacial score (nSPS) is 18.6. The monoisotopic (exact) mass is 282 g/mol. The summed E-state index contributed by atoms with van der Waals surface area (Å²) in [7, 11) is 0. The molecule has 5 heteroatoms. The van der Waals surface area contributed by atoms with Crippen molar-refractivity contribution in [1.82, 2.24) is 4.98 Å². The van der Waals surface area contributed by atoms with Crippen LogP contribution in [-0.4, -0.2) is 30.0 Å². The van der Waals surface area contributed by atoms with Gasteiger partial charge < -0.3 is 10.2 Å². The molecule has 0 aliphatic carbocycles. The Balaban J connectivity index is 1.97. The third kappa shape index (κ3) is 3.91. The van der Waals surface area contributed by atoms with E-state index in [9.17, 15) is 4.79 Å². The van der Waals surface area contributed by atoms with E-state index in [1.165, 1.54) is 30.6 Å². The first-order valence-corrected chi connectivity index (χ1v) is 7.32. The van der Waals surface area contributed by atoms with E-state index in [4.69, 9.17) is 11.6 Å². The Bertz CT molecular complexity index is 430. The molecular weight excluding hydrogens is 262 g/mol. The number of pyridine rings is 1. The van der Waals surface area contributed by atoms with Gasteiger partial charge in [-0.15, -0.1) is 0 Å².